The molecule has 3 aliphatic carbocycles. The van der Waals surface area contributed by atoms with Crippen molar-refractivity contribution in [2.24, 2.45) is 27.5 Å². The summed E-state index contributed by atoms with van der Waals surface area (Å²) in [6.45, 7) is 2.40. The van der Waals surface area contributed by atoms with Gasteiger partial charge in [0.1, 0.15) is 5.75 Å². The predicted molar refractivity (Wildman–Crippen MR) is 124 cm³/mol. The summed E-state index contributed by atoms with van der Waals surface area (Å²) in [5.74, 6) is 2.35. The normalized spacial score (nSPS) is 31.6. The van der Waals surface area contributed by atoms with Crippen LogP contribution in [0.2, 0.25) is 10.0 Å². The highest BCUT2D eigenvalue weighted by atomic mass is 35.5. The van der Waals surface area contributed by atoms with E-state index in [4.69, 9.17) is 28.3 Å². The largest absolute Gasteiger partial charge is 0.508 e. The third-order valence-corrected chi connectivity index (χ3v) is 8.64. The molecule has 3 nitrogen and oxygen atoms in total. The molecule has 30 heavy (non-hydrogen) atoms. The second-order valence-corrected chi connectivity index (χ2v) is 10.0. The smallest absolute Gasteiger partial charge is 0.115 e. The lowest BCUT2D eigenvalue weighted by molar-refractivity contribution is 0.0955. The van der Waals surface area contributed by atoms with E-state index in [1.54, 1.807) is 12.3 Å². The Kier molecular flexibility index (Phi) is 5.15. The molecule has 5 rings (SSSR count). The first-order valence-corrected chi connectivity index (χ1v) is 11.6. The standard InChI is InChI=1S/C25H26Cl2N2O/c1-25-12-11-19-18-8-6-17(30)13-15(18)5-7-20(19)21(25)9-10-23(25)29-28-14-16-3-2-4-22(26)24(16)27/h2-4,6,8,13-14,19-21,30H,5,7,9-12H2,1H3/b28-14-,29-23-/t19-,20+,21+,25+/m1/s1. The van der Waals surface area contributed by atoms with Gasteiger partial charge in [-0.3, -0.25) is 0 Å². The molecule has 0 amide bonds. The van der Waals surface area contributed by atoms with Crippen molar-refractivity contribution in [2.45, 2.75) is 51.4 Å². The van der Waals surface area contributed by atoms with Gasteiger partial charge in [0, 0.05) is 16.7 Å². The number of hydrogen-bond acceptors (Lipinski definition) is 3. The van der Waals surface area contributed by atoms with Gasteiger partial charge in [0.25, 0.3) is 0 Å². The molecule has 0 bridgehead atoms. The van der Waals surface area contributed by atoms with Crippen LogP contribution >= 0.6 is 23.2 Å². The molecule has 0 aromatic heterocycles. The van der Waals surface area contributed by atoms with Crippen molar-refractivity contribution in [1.29, 1.82) is 0 Å². The van der Waals surface area contributed by atoms with Crippen LogP contribution < -0.4 is 0 Å². The first-order valence-electron chi connectivity index (χ1n) is 10.8. The van der Waals surface area contributed by atoms with Gasteiger partial charge in [0.15, 0.2) is 0 Å². The van der Waals surface area contributed by atoms with Gasteiger partial charge in [-0.2, -0.15) is 10.2 Å². The molecule has 0 unspecified atom stereocenters. The van der Waals surface area contributed by atoms with Crippen LogP contribution in [0.4, 0.5) is 0 Å². The van der Waals surface area contributed by atoms with Crippen molar-refractivity contribution in [2.75, 3.05) is 0 Å². The summed E-state index contributed by atoms with van der Waals surface area (Å²) in [5.41, 5.74) is 4.96. The number of fused-ring (bicyclic) bond motifs is 5. The number of nitrogens with zero attached hydrogens (tertiary/aromatic N) is 2. The fourth-order valence-corrected chi connectivity index (χ4v) is 6.66. The summed E-state index contributed by atoms with van der Waals surface area (Å²) in [4.78, 5) is 0. The molecule has 156 valence electrons. The summed E-state index contributed by atoms with van der Waals surface area (Å²) in [7, 11) is 0. The van der Waals surface area contributed by atoms with Gasteiger partial charge in [0.05, 0.1) is 16.3 Å². The number of benzene rings is 2. The van der Waals surface area contributed by atoms with Gasteiger partial charge in [-0.05, 0) is 85.6 Å². The molecule has 4 atom stereocenters. The minimum absolute atomic E-state index is 0.130. The molecule has 0 heterocycles. The first kappa shape index (κ1) is 20.1. The third-order valence-electron chi connectivity index (χ3n) is 7.81. The van der Waals surface area contributed by atoms with Gasteiger partial charge in [0.2, 0.25) is 0 Å². The number of aryl methyl sites for hydroxylation is 1. The van der Waals surface area contributed by atoms with Gasteiger partial charge >= 0.3 is 0 Å². The molecule has 2 aromatic rings. The Balaban J connectivity index is 1.39. The number of rotatable bonds is 2. The highest BCUT2D eigenvalue weighted by molar-refractivity contribution is 6.43. The lowest BCUT2D eigenvalue weighted by Crippen LogP contribution is -2.42. The van der Waals surface area contributed by atoms with Crippen molar-refractivity contribution >= 4 is 35.1 Å². The van der Waals surface area contributed by atoms with Crippen LogP contribution in [0, 0.1) is 17.3 Å². The van der Waals surface area contributed by atoms with Crippen molar-refractivity contribution in [1.82, 2.24) is 0 Å². The van der Waals surface area contributed by atoms with Gasteiger partial charge in [-0.15, -0.1) is 0 Å². The van der Waals surface area contributed by atoms with E-state index in [9.17, 15) is 5.11 Å². The highest BCUT2D eigenvalue weighted by Crippen LogP contribution is 2.60. The third kappa shape index (κ3) is 3.27. The lowest BCUT2D eigenvalue weighted by Gasteiger charge is -2.49. The summed E-state index contributed by atoms with van der Waals surface area (Å²) in [6.07, 6.45) is 8.52. The van der Waals surface area contributed by atoms with Crippen LogP contribution in [0.25, 0.3) is 0 Å². The van der Waals surface area contributed by atoms with Crippen molar-refractivity contribution in [3.05, 3.63) is 63.1 Å². The molecule has 5 heteroatoms. The van der Waals surface area contributed by atoms with E-state index in [-0.39, 0.29) is 5.41 Å². The van der Waals surface area contributed by atoms with Crippen LogP contribution in [0.1, 0.15) is 61.6 Å². The average molecular weight is 441 g/mol. The quantitative estimate of drug-likeness (QED) is 0.395. The molecular weight excluding hydrogens is 415 g/mol. The maximum absolute atomic E-state index is 9.86. The second-order valence-electron chi connectivity index (χ2n) is 9.23. The van der Waals surface area contributed by atoms with E-state index in [0.717, 1.165) is 24.8 Å². The summed E-state index contributed by atoms with van der Waals surface area (Å²) < 4.78 is 0. The Morgan fingerprint density at radius 2 is 1.97 bits per heavy atom. The van der Waals surface area contributed by atoms with Crippen molar-refractivity contribution in [3.63, 3.8) is 0 Å². The van der Waals surface area contributed by atoms with Crippen LogP contribution in [-0.4, -0.2) is 17.0 Å². The van der Waals surface area contributed by atoms with Crippen LogP contribution in [0.15, 0.2) is 46.6 Å². The maximum atomic E-state index is 9.86. The number of hydrogen-bond donors (Lipinski definition) is 1. The maximum Gasteiger partial charge on any atom is 0.115 e. The molecule has 2 saturated carbocycles. The minimum atomic E-state index is 0.130. The van der Waals surface area contributed by atoms with E-state index in [0.29, 0.717) is 33.5 Å². The Morgan fingerprint density at radius 3 is 2.83 bits per heavy atom. The van der Waals surface area contributed by atoms with Crippen LogP contribution in [0.3, 0.4) is 0 Å². The van der Waals surface area contributed by atoms with Crippen molar-refractivity contribution in [3.8, 4) is 5.75 Å². The number of phenols is 1. The number of phenolic OH excluding ortho intramolecular Hbond substituents is 1. The zero-order valence-corrected chi connectivity index (χ0v) is 18.6. The molecule has 0 spiro atoms. The van der Waals surface area contributed by atoms with Gasteiger partial charge in [-0.25, -0.2) is 0 Å². The molecule has 0 radical (unpaired) electrons. The topological polar surface area (TPSA) is 45.0 Å². The fraction of sp³-hybridized carbons (Fsp3) is 0.440. The van der Waals surface area contributed by atoms with E-state index < -0.39 is 0 Å². The monoisotopic (exact) mass is 440 g/mol. The zero-order valence-electron chi connectivity index (χ0n) is 17.1. The van der Waals surface area contributed by atoms with E-state index in [1.807, 2.05) is 24.3 Å². The van der Waals surface area contributed by atoms with Gasteiger partial charge in [-0.1, -0.05) is 48.3 Å². The van der Waals surface area contributed by atoms with Gasteiger partial charge < -0.3 is 5.11 Å². The Labute approximate surface area is 187 Å². The zero-order chi connectivity index (χ0) is 20.9. The van der Waals surface area contributed by atoms with E-state index in [2.05, 4.69) is 18.1 Å². The minimum Gasteiger partial charge on any atom is -0.508 e. The molecular formula is C25H26Cl2N2O. The summed E-state index contributed by atoms with van der Waals surface area (Å²) >= 11 is 12.4. The second kappa shape index (κ2) is 7.69. The first-order chi connectivity index (χ1) is 14.5. The molecule has 2 aromatic carbocycles. The van der Waals surface area contributed by atoms with Crippen LogP contribution in [0.5, 0.6) is 5.75 Å². The van der Waals surface area contributed by atoms with E-state index in [1.165, 1.54) is 36.1 Å². The lowest BCUT2D eigenvalue weighted by atomic mass is 9.55. The highest BCUT2D eigenvalue weighted by Gasteiger charge is 2.53. The Bertz CT molecular complexity index is 1050. The molecule has 2 fully saturated rings. The van der Waals surface area contributed by atoms with E-state index >= 15 is 0 Å². The summed E-state index contributed by atoms with van der Waals surface area (Å²) in [5, 5.41) is 20.0. The molecule has 1 N–H and O–H groups in total. The number of aromatic hydroxyl groups is 1. The predicted octanol–water partition coefficient (Wildman–Crippen LogP) is 7.03. The Hall–Kier alpha value is -1.84. The fourth-order valence-electron chi connectivity index (χ4n) is 6.30. The SMILES string of the molecule is C[C@]12CC[C@@H]3c4ccc(O)cc4CC[C@@H]3[C@@H]1CC/C2=N/N=C\c1cccc(Cl)c1Cl. The molecule has 0 saturated heterocycles. The van der Waals surface area contributed by atoms with Crippen molar-refractivity contribution < 1.29 is 5.11 Å². The molecule has 0 aliphatic heterocycles. The number of halogens is 2. The summed E-state index contributed by atoms with van der Waals surface area (Å²) in [6, 6.07) is 11.5. The Morgan fingerprint density at radius 1 is 1.10 bits per heavy atom. The molecule has 3 aliphatic rings. The average Bonchev–Trinajstić information content (AvgIpc) is 3.07. The van der Waals surface area contributed by atoms with Crippen LogP contribution in [-0.2, 0) is 6.42 Å².